The number of piperazine rings is 1. The maximum Gasteiger partial charge on any atom is 0.416 e. The first kappa shape index (κ1) is 25.8. The van der Waals surface area contributed by atoms with E-state index in [9.17, 15) is 23.1 Å². The van der Waals surface area contributed by atoms with Gasteiger partial charge >= 0.3 is 6.18 Å². The zero-order valence-corrected chi connectivity index (χ0v) is 21.3. The van der Waals surface area contributed by atoms with E-state index in [1.54, 1.807) is 24.4 Å². The number of amides is 1. The van der Waals surface area contributed by atoms with Gasteiger partial charge < -0.3 is 14.9 Å². The molecule has 7 nitrogen and oxygen atoms in total. The summed E-state index contributed by atoms with van der Waals surface area (Å²) in [6, 6.07) is 8.97. The molecule has 12 heteroatoms. The average molecular weight is 550 g/mol. The number of aliphatic hydroxyl groups is 1. The molecule has 1 amide bonds. The number of benzene rings is 2. The van der Waals surface area contributed by atoms with Crippen LogP contribution in [0.2, 0.25) is 5.02 Å². The number of amidine groups is 1. The number of aliphatic imine (C=N–C) groups is 1. The van der Waals surface area contributed by atoms with E-state index in [0.717, 1.165) is 23.6 Å². The summed E-state index contributed by atoms with van der Waals surface area (Å²) in [5.74, 6) is -0.339. The molecular weight excluding hydrogens is 527 g/mol. The molecule has 3 heterocycles. The lowest BCUT2D eigenvalue weighted by atomic mass is 10.1. The molecule has 5 rings (SSSR count). The SMILES string of the molecule is CN1CCN(C2=NC(=O)/C(=C\c3ccc4c(cnn4Cc4ccc(Cl)cc4C(F)(F)F)c3)S2)[C@@H](CO)C1. The van der Waals surface area contributed by atoms with Gasteiger partial charge in [0.05, 0.1) is 41.4 Å². The highest BCUT2D eigenvalue weighted by Gasteiger charge is 2.34. The molecule has 1 fully saturated rings. The Kier molecular flexibility index (Phi) is 7.06. The minimum Gasteiger partial charge on any atom is -0.394 e. The molecule has 0 aliphatic carbocycles. The number of hydrogen-bond acceptors (Lipinski definition) is 6. The smallest absolute Gasteiger partial charge is 0.394 e. The van der Waals surface area contributed by atoms with Crippen molar-refractivity contribution >= 4 is 51.4 Å². The van der Waals surface area contributed by atoms with Crippen molar-refractivity contribution in [3.63, 3.8) is 0 Å². The topological polar surface area (TPSA) is 74.0 Å². The van der Waals surface area contributed by atoms with Gasteiger partial charge in [0.25, 0.3) is 5.91 Å². The molecule has 0 bridgehead atoms. The Bertz CT molecular complexity index is 1420. The summed E-state index contributed by atoms with van der Waals surface area (Å²) in [5, 5.41) is 15.4. The van der Waals surface area contributed by atoms with Crippen LogP contribution in [0.5, 0.6) is 0 Å². The van der Waals surface area contributed by atoms with E-state index in [2.05, 4.69) is 15.0 Å². The summed E-state index contributed by atoms with van der Waals surface area (Å²) in [4.78, 5) is 21.4. The van der Waals surface area contributed by atoms with E-state index in [-0.39, 0.29) is 35.7 Å². The highest BCUT2D eigenvalue weighted by Crippen LogP contribution is 2.35. The van der Waals surface area contributed by atoms with Gasteiger partial charge in [-0.05, 0) is 60.3 Å². The minimum absolute atomic E-state index is 0.0186. The van der Waals surface area contributed by atoms with Crippen LogP contribution in [-0.2, 0) is 17.5 Å². The number of aromatic nitrogens is 2. The molecule has 2 aliphatic rings. The Morgan fingerprint density at radius 3 is 2.78 bits per heavy atom. The lowest BCUT2D eigenvalue weighted by Crippen LogP contribution is -2.54. The van der Waals surface area contributed by atoms with E-state index in [1.807, 2.05) is 18.0 Å². The third-order valence-electron chi connectivity index (χ3n) is 6.41. The minimum atomic E-state index is -4.53. The largest absolute Gasteiger partial charge is 0.416 e. The van der Waals surface area contributed by atoms with Crippen LogP contribution in [0.1, 0.15) is 16.7 Å². The zero-order valence-electron chi connectivity index (χ0n) is 19.7. The Balaban J connectivity index is 1.36. The van der Waals surface area contributed by atoms with Gasteiger partial charge in [-0.15, -0.1) is 0 Å². The standard InChI is InChI=1S/C25H23ClF3N5O2S/c1-32-6-7-33(19(13-32)14-35)24-31-23(36)22(37-24)9-15-2-5-21-17(8-15)11-30-34(21)12-16-3-4-18(26)10-20(16)25(27,28)29/h2-5,8-11,19,35H,6-7,12-14H2,1H3/b22-9+/t19-/m1/s1. The first-order valence-electron chi connectivity index (χ1n) is 11.5. The fourth-order valence-corrected chi connectivity index (χ4v) is 5.71. The fourth-order valence-electron chi connectivity index (χ4n) is 4.52. The number of likely N-dealkylation sites (N-methyl/N-ethyl adjacent to an activating group) is 1. The number of aliphatic hydroxyl groups excluding tert-OH is 1. The van der Waals surface area contributed by atoms with E-state index in [0.29, 0.717) is 28.7 Å². The predicted molar refractivity (Wildman–Crippen MR) is 138 cm³/mol. The molecule has 1 saturated heterocycles. The van der Waals surface area contributed by atoms with E-state index in [1.165, 1.54) is 28.6 Å². The van der Waals surface area contributed by atoms with E-state index >= 15 is 0 Å². The van der Waals surface area contributed by atoms with Crippen LogP contribution in [0, 0.1) is 0 Å². The van der Waals surface area contributed by atoms with Gasteiger partial charge in [0.2, 0.25) is 0 Å². The highest BCUT2D eigenvalue weighted by molar-refractivity contribution is 8.18. The maximum atomic E-state index is 13.5. The van der Waals surface area contributed by atoms with Crippen molar-refractivity contribution in [2.45, 2.75) is 18.8 Å². The van der Waals surface area contributed by atoms with Crippen molar-refractivity contribution in [3.05, 3.63) is 69.2 Å². The summed E-state index contributed by atoms with van der Waals surface area (Å²) < 4.78 is 42.0. The summed E-state index contributed by atoms with van der Waals surface area (Å²) >= 11 is 7.07. The molecule has 0 spiro atoms. The highest BCUT2D eigenvalue weighted by atomic mass is 35.5. The lowest BCUT2D eigenvalue weighted by molar-refractivity contribution is -0.138. The fraction of sp³-hybridized carbons (Fsp3) is 0.320. The molecule has 194 valence electrons. The molecule has 2 aromatic carbocycles. The first-order chi connectivity index (χ1) is 17.6. The second-order valence-corrected chi connectivity index (χ2v) is 10.5. The average Bonchev–Trinajstić information content (AvgIpc) is 3.42. The quantitative estimate of drug-likeness (QED) is 0.488. The zero-order chi connectivity index (χ0) is 26.3. The van der Waals surface area contributed by atoms with Crippen molar-refractivity contribution in [1.29, 1.82) is 0 Å². The van der Waals surface area contributed by atoms with Crippen molar-refractivity contribution in [3.8, 4) is 0 Å². The predicted octanol–water partition coefficient (Wildman–Crippen LogP) is 4.34. The van der Waals surface area contributed by atoms with E-state index < -0.39 is 11.7 Å². The number of nitrogens with zero attached hydrogens (tertiary/aromatic N) is 5. The second kappa shape index (κ2) is 10.1. The van der Waals surface area contributed by atoms with Gasteiger partial charge in [-0.3, -0.25) is 9.48 Å². The molecule has 3 aromatic rings. The third kappa shape index (κ3) is 5.40. The first-order valence-corrected chi connectivity index (χ1v) is 12.7. The van der Waals surface area contributed by atoms with Crippen LogP contribution in [0.3, 0.4) is 0 Å². The Morgan fingerprint density at radius 2 is 2.03 bits per heavy atom. The van der Waals surface area contributed by atoms with Gasteiger partial charge in [-0.1, -0.05) is 23.7 Å². The number of halogens is 4. The molecule has 1 aromatic heterocycles. The number of hydrogen-bond donors (Lipinski definition) is 1. The number of fused-ring (bicyclic) bond motifs is 1. The Hall–Kier alpha value is -2.86. The molecule has 1 atom stereocenters. The van der Waals surface area contributed by atoms with Gasteiger partial charge in [0.15, 0.2) is 5.17 Å². The lowest BCUT2D eigenvalue weighted by Gasteiger charge is -2.39. The molecule has 0 radical (unpaired) electrons. The van der Waals surface area contributed by atoms with Crippen LogP contribution < -0.4 is 0 Å². The normalized spacial score (nSPS) is 20.3. The second-order valence-electron chi connectivity index (χ2n) is 9.02. The van der Waals surface area contributed by atoms with Gasteiger partial charge in [0.1, 0.15) is 0 Å². The van der Waals surface area contributed by atoms with Crippen molar-refractivity contribution < 1.29 is 23.1 Å². The van der Waals surface area contributed by atoms with Gasteiger partial charge in [-0.2, -0.15) is 23.3 Å². The summed E-state index contributed by atoms with van der Waals surface area (Å²) in [5.41, 5.74) is 0.687. The molecule has 0 unspecified atom stereocenters. The van der Waals surface area contributed by atoms with Crippen molar-refractivity contribution in [2.24, 2.45) is 4.99 Å². The maximum absolute atomic E-state index is 13.5. The summed E-state index contributed by atoms with van der Waals surface area (Å²) in [7, 11) is 1.99. The molecular formula is C25H23ClF3N5O2S. The Morgan fingerprint density at radius 1 is 1.22 bits per heavy atom. The summed E-state index contributed by atoms with van der Waals surface area (Å²) in [6.07, 6.45) is -1.20. The van der Waals surface area contributed by atoms with Crippen molar-refractivity contribution in [1.82, 2.24) is 19.6 Å². The number of rotatable bonds is 4. The number of thioether (sulfide) groups is 1. The monoisotopic (exact) mass is 549 g/mol. The Labute approximate surface area is 220 Å². The molecule has 0 saturated carbocycles. The van der Waals surface area contributed by atoms with E-state index in [4.69, 9.17) is 11.6 Å². The number of alkyl halides is 3. The van der Waals surface area contributed by atoms with Crippen LogP contribution in [0.4, 0.5) is 13.2 Å². The van der Waals surface area contributed by atoms with Crippen LogP contribution in [-0.4, -0.2) is 75.1 Å². The molecule has 1 N–H and O–H groups in total. The number of carbonyl (C=O) groups is 1. The van der Waals surface area contributed by atoms with Crippen LogP contribution >= 0.6 is 23.4 Å². The summed E-state index contributed by atoms with van der Waals surface area (Å²) in [6.45, 7) is 2.06. The van der Waals surface area contributed by atoms with Crippen LogP contribution in [0.25, 0.3) is 17.0 Å². The third-order valence-corrected chi connectivity index (χ3v) is 7.67. The van der Waals surface area contributed by atoms with Crippen molar-refractivity contribution in [2.75, 3.05) is 33.3 Å². The van der Waals surface area contributed by atoms with Crippen LogP contribution in [0.15, 0.2) is 52.5 Å². The molecule has 37 heavy (non-hydrogen) atoms. The van der Waals surface area contributed by atoms with Gasteiger partial charge in [-0.25, -0.2) is 0 Å². The molecule has 2 aliphatic heterocycles. The van der Waals surface area contributed by atoms with Gasteiger partial charge in [0, 0.05) is 30.0 Å². The number of carbonyl (C=O) groups excluding carboxylic acids is 1.